The zero-order chi connectivity index (χ0) is 23.3. The number of carbonyl (C=O) groups excluding carboxylic acids is 1. The number of amides is 1. The van der Waals surface area contributed by atoms with Crippen molar-refractivity contribution in [2.75, 3.05) is 31.2 Å². The van der Waals surface area contributed by atoms with Gasteiger partial charge in [0, 0.05) is 29.6 Å². The first kappa shape index (κ1) is 23.5. The number of hydrogen-bond acceptors (Lipinski definition) is 7. The first-order valence-corrected chi connectivity index (χ1v) is 13.3. The van der Waals surface area contributed by atoms with E-state index in [1.807, 2.05) is 19.1 Å². The van der Waals surface area contributed by atoms with Crippen LogP contribution in [0.3, 0.4) is 0 Å². The molecular weight excluding hydrogens is 442 g/mol. The number of likely N-dealkylation sites (tertiary alicyclic amines) is 1. The maximum Gasteiger partial charge on any atom is 0.251 e. The lowest BCUT2D eigenvalue weighted by atomic mass is 10.0. The van der Waals surface area contributed by atoms with Crippen LogP contribution in [0, 0.1) is 0 Å². The van der Waals surface area contributed by atoms with Crippen LogP contribution in [0.15, 0.2) is 42.7 Å². The molecule has 0 radical (unpaired) electrons. The molecule has 0 spiro atoms. The summed E-state index contributed by atoms with van der Waals surface area (Å²) in [6.07, 6.45) is 6.73. The number of nitrogens with zero attached hydrogens (tertiary/aromatic N) is 2. The van der Waals surface area contributed by atoms with Crippen molar-refractivity contribution in [3.05, 3.63) is 53.9 Å². The van der Waals surface area contributed by atoms with Crippen molar-refractivity contribution < 1.29 is 22.7 Å². The predicted molar refractivity (Wildman–Crippen MR) is 125 cm³/mol. The van der Waals surface area contributed by atoms with Crippen molar-refractivity contribution >= 4 is 15.7 Å². The number of hydrogen-bond donors (Lipinski definition) is 1. The van der Waals surface area contributed by atoms with Crippen LogP contribution in [-0.4, -0.2) is 67.5 Å². The van der Waals surface area contributed by atoms with E-state index in [0.29, 0.717) is 30.3 Å². The molecule has 1 aromatic heterocycles. The second-order valence-corrected chi connectivity index (χ2v) is 10.7. The van der Waals surface area contributed by atoms with E-state index in [9.17, 15) is 13.2 Å². The van der Waals surface area contributed by atoms with Crippen LogP contribution in [-0.2, 0) is 16.4 Å². The Labute approximate surface area is 195 Å². The highest BCUT2D eigenvalue weighted by molar-refractivity contribution is 7.91. The highest BCUT2D eigenvalue weighted by atomic mass is 32.2. The topological polar surface area (TPSA) is 97.8 Å². The van der Waals surface area contributed by atoms with Gasteiger partial charge in [0.1, 0.15) is 6.61 Å². The molecule has 1 aromatic carbocycles. The lowest BCUT2D eigenvalue weighted by molar-refractivity contribution is 0.0899. The standard InChI is InChI=1S/C24H31N3O5S/c1-2-31-23-13-19(8-9-22(23)32-15-18-7-6-10-25-14-18)24(28)26-20-16-33(29,30)17-21(20)27-11-4-3-5-12-27/h6-10,13-14,20-21H,2-5,11-12,15-17H2,1H3,(H,26,28)/t20-,21-/m0/s1. The maximum absolute atomic E-state index is 13.1. The number of aromatic nitrogens is 1. The average molecular weight is 474 g/mol. The Morgan fingerprint density at radius 1 is 1.12 bits per heavy atom. The average Bonchev–Trinajstić information content (AvgIpc) is 3.13. The number of piperidine rings is 1. The summed E-state index contributed by atoms with van der Waals surface area (Å²) in [7, 11) is -3.19. The van der Waals surface area contributed by atoms with Gasteiger partial charge >= 0.3 is 0 Å². The van der Waals surface area contributed by atoms with Crippen molar-refractivity contribution in [3.8, 4) is 11.5 Å². The Hall–Kier alpha value is -2.65. The van der Waals surface area contributed by atoms with Gasteiger partial charge < -0.3 is 14.8 Å². The zero-order valence-corrected chi connectivity index (χ0v) is 19.7. The Morgan fingerprint density at radius 2 is 1.94 bits per heavy atom. The summed E-state index contributed by atoms with van der Waals surface area (Å²) in [6.45, 7) is 4.38. The summed E-state index contributed by atoms with van der Waals surface area (Å²) < 4.78 is 36.3. The molecule has 33 heavy (non-hydrogen) atoms. The molecule has 2 saturated heterocycles. The van der Waals surface area contributed by atoms with Crippen molar-refractivity contribution in [1.29, 1.82) is 0 Å². The second kappa shape index (κ2) is 10.5. The van der Waals surface area contributed by atoms with Gasteiger partial charge in [0.05, 0.1) is 24.2 Å². The summed E-state index contributed by atoms with van der Waals surface area (Å²) in [5, 5.41) is 2.98. The van der Waals surface area contributed by atoms with E-state index >= 15 is 0 Å². The van der Waals surface area contributed by atoms with Crippen LogP contribution in [0.25, 0.3) is 0 Å². The van der Waals surface area contributed by atoms with Crippen molar-refractivity contribution in [2.24, 2.45) is 0 Å². The molecule has 2 aliphatic rings. The number of rotatable bonds is 8. The lowest BCUT2D eigenvalue weighted by Gasteiger charge is -2.35. The summed E-state index contributed by atoms with van der Waals surface area (Å²) in [5.41, 5.74) is 1.34. The van der Waals surface area contributed by atoms with Gasteiger partial charge in [0.25, 0.3) is 5.91 Å². The smallest absolute Gasteiger partial charge is 0.251 e. The van der Waals surface area contributed by atoms with Gasteiger partial charge in [-0.25, -0.2) is 8.42 Å². The minimum Gasteiger partial charge on any atom is -0.490 e. The lowest BCUT2D eigenvalue weighted by Crippen LogP contribution is -2.52. The monoisotopic (exact) mass is 473 g/mol. The molecule has 0 aliphatic carbocycles. The SMILES string of the molecule is CCOc1cc(C(=O)N[C@H]2CS(=O)(=O)C[C@@H]2N2CCCCC2)ccc1OCc1cccnc1. The minimum absolute atomic E-state index is 0.0233. The molecule has 9 heteroatoms. The van der Waals surface area contributed by atoms with E-state index in [-0.39, 0.29) is 23.5 Å². The summed E-state index contributed by atoms with van der Waals surface area (Å²) in [5.74, 6) is 0.778. The highest BCUT2D eigenvalue weighted by Crippen LogP contribution is 2.30. The van der Waals surface area contributed by atoms with Gasteiger partial charge in [0.2, 0.25) is 0 Å². The first-order chi connectivity index (χ1) is 15.9. The first-order valence-electron chi connectivity index (χ1n) is 11.5. The highest BCUT2D eigenvalue weighted by Gasteiger charge is 2.42. The van der Waals surface area contributed by atoms with Gasteiger partial charge in [-0.2, -0.15) is 0 Å². The number of nitrogens with one attached hydrogen (secondary N) is 1. The van der Waals surface area contributed by atoms with Crippen LogP contribution >= 0.6 is 0 Å². The van der Waals surface area contributed by atoms with E-state index in [0.717, 1.165) is 31.5 Å². The molecule has 1 N–H and O–H groups in total. The van der Waals surface area contributed by atoms with Gasteiger partial charge in [-0.3, -0.25) is 14.7 Å². The Bertz CT molecular complexity index is 1060. The van der Waals surface area contributed by atoms with Gasteiger partial charge in [-0.15, -0.1) is 0 Å². The molecule has 2 atom stereocenters. The van der Waals surface area contributed by atoms with Crippen LogP contribution in [0.5, 0.6) is 11.5 Å². The third-order valence-corrected chi connectivity index (χ3v) is 7.84. The van der Waals surface area contributed by atoms with Gasteiger partial charge in [-0.05, 0) is 57.1 Å². The van der Waals surface area contributed by atoms with Crippen LogP contribution in [0.2, 0.25) is 0 Å². The fraction of sp³-hybridized carbons (Fsp3) is 0.500. The van der Waals surface area contributed by atoms with E-state index in [2.05, 4.69) is 15.2 Å². The molecule has 1 amide bonds. The normalized spacial score (nSPS) is 22.6. The molecule has 2 aliphatic heterocycles. The number of benzene rings is 1. The molecule has 178 valence electrons. The van der Waals surface area contributed by atoms with Crippen LogP contribution in [0.1, 0.15) is 42.1 Å². The van der Waals surface area contributed by atoms with Crippen molar-refractivity contribution in [1.82, 2.24) is 15.2 Å². The molecule has 4 rings (SSSR count). The van der Waals surface area contributed by atoms with Crippen molar-refractivity contribution in [3.63, 3.8) is 0 Å². The predicted octanol–water partition coefficient (Wildman–Crippen LogP) is 2.44. The fourth-order valence-electron chi connectivity index (χ4n) is 4.51. The Balaban J connectivity index is 1.47. The van der Waals surface area contributed by atoms with E-state index in [1.54, 1.807) is 30.6 Å². The second-order valence-electron chi connectivity index (χ2n) is 8.57. The summed E-state index contributed by atoms with van der Waals surface area (Å²) in [4.78, 5) is 19.4. The maximum atomic E-state index is 13.1. The molecule has 3 heterocycles. The Morgan fingerprint density at radius 3 is 2.67 bits per heavy atom. The quantitative estimate of drug-likeness (QED) is 0.629. The molecule has 2 aromatic rings. The summed E-state index contributed by atoms with van der Waals surface area (Å²) in [6, 6.07) is 8.21. The molecule has 0 bridgehead atoms. The number of ether oxygens (including phenoxy) is 2. The molecule has 2 fully saturated rings. The largest absolute Gasteiger partial charge is 0.490 e. The van der Waals surface area contributed by atoms with E-state index < -0.39 is 15.9 Å². The third-order valence-electron chi connectivity index (χ3n) is 6.12. The van der Waals surface area contributed by atoms with Crippen molar-refractivity contribution in [2.45, 2.75) is 44.9 Å². The molecule has 0 unspecified atom stereocenters. The third kappa shape index (κ3) is 6.03. The van der Waals surface area contributed by atoms with E-state index in [1.165, 1.54) is 6.42 Å². The van der Waals surface area contributed by atoms with Crippen LogP contribution < -0.4 is 14.8 Å². The molecular formula is C24H31N3O5S. The molecule has 8 nitrogen and oxygen atoms in total. The fourth-order valence-corrected chi connectivity index (χ4v) is 6.46. The van der Waals surface area contributed by atoms with E-state index in [4.69, 9.17) is 9.47 Å². The number of carbonyl (C=O) groups is 1. The van der Waals surface area contributed by atoms with Crippen LogP contribution in [0.4, 0.5) is 0 Å². The van der Waals surface area contributed by atoms with Gasteiger partial charge in [0.15, 0.2) is 21.3 Å². The minimum atomic E-state index is -3.19. The molecule has 0 saturated carbocycles. The number of pyridine rings is 1. The Kier molecular flexibility index (Phi) is 7.49. The number of sulfone groups is 1. The van der Waals surface area contributed by atoms with Gasteiger partial charge in [-0.1, -0.05) is 12.5 Å². The zero-order valence-electron chi connectivity index (χ0n) is 18.9. The summed E-state index contributed by atoms with van der Waals surface area (Å²) >= 11 is 0.